The normalized spacial score (nSPS) is 14.3. The van der Waals surface area contributed by atoms with Crippen LogP contribution in [-0.4, -0.2) is 29.6 Å². The largest absolute Gasteiger partial charge is 0.360 e. The van der Waals surface area contributed by atoms with Gasteiger partial charge in [-0.2, -0.15) is 0 Å². The Labute approximate surface area is 124 Å². The molecule has 0 radical (unpaired) electrons. The van der Waals surface area contributed by atoms with Gasteiger partial charge in [0.2, 0.25) is 5.78 Å². The standard InChI is InChI=1S/C18H17NO2/c1-3-12-19(13-4-2)18-16(21)11-10-15(20)17(18)14-8-6-5-7-9-14/h3-11H,1-2,12-13H2. The second kappa shape index (κ2) is 6.66. The second-order valence-electron chi connectivity index (χ2n) is 4.63. The summed E-state index contributed by atoms with van der Waals surface area (Å²) in [5, 5.41) is 0. The monoisotopic (exact) mass is 279 g/mol. The van der Waals surface area contributed by atoms with Crippen LogP contribution in [-0.2, 0) is 9.59 Å². The lowest BCUT2D eigenvalue weighted by Crippen LogP contribution is -2.31. The first-order valence-corrected chi connectivity index (χ1v) is 6.72. The molecule has 0 spiro atoms. The van der Waals surface area contributed by atoms with Crippen molar-refractivity contribution in [3.63, 3.8) is 0 Å². The number of ketones is 2. The van der Waals surface area contributed by atoms with Crippen molar-refractivity contribution in [1.29, 1.82) is 0 Å². The highest BCUT2D eigenvalue weighted by Crippen LogP contribution is 2.27. The lowest BCUT2D eigenvalue weighted by molar-refractivity contribution is -0.115. The minimum absolute atomic E-state index is 0.158. The van der Waals surface area contributed by atoms with Crippen molar-refractivity contribution in [2.45, 2.75) is 0 Å². The lowest BCUT2D eigenvalue weighted by atomic mass is 9.92. The van der Waals surface area contributed by atoms with Crippen molar-refractivity contribution in [1.82, 2.24) is 4.90 Å². The SMILES string of the molecule is C=CCN(CC=C)C1=C(c2ccccc2)C(=O)C=CC1=O. The second-order valence-corrected chi connectivity index (χ2v) is 4.63. The van der Waals surface area contributed by atoms with Gasteiger partial charge in [0.05, 0.1) is 11.3 Å². The van der Waals surface area contributed by atoms with Crippen LogP contribution < -0.4 is 0 Å². The Kier molecular flexibility index (Phi) is 4.67. The molecule has 0 fully saturated rings. The van der Waals surface area contributed by atoms with E-state index < -0.39 is 0 Å². The molecule has 0 saturated heterocycles. The van der Waals surface area contributed by atoms with Gasteiger partial charge in [-0.1, -0.05) is 42.5 Å². The molecule has 0 aromatic heterocycles. The van der Waals surface area contributed by atoms with Crippen LogP contribution in [0.2, 0.25) is 0 Å². The Morgan fingerprint density at radius 1 is 0.905 bits per heavy atom. The maximum absolute atomic E-state index is 12.3. The van der Waals surface area contributed by atoms with Crippen LogP contribution in [0, 0.1) is 0 Å². The van der Waals surface area contributed by atoms with Gasteiger partial charge >= 0.3 is 0 Å². The highest BCUT2D eigenvalue weighted by atomic mass is 16.1. The summed E-state index contributed by atoms with van der Waals surface area (Å²) in [5.41, 5.74) is 1.59. The van der Waals surface area contributed by atoms with E-state index in [9.17, 15) is 9.59 Å². The molecule has 0 N–H and O–H groups in total. The average molecular weight is 279 g/mol. The summed E-state index contributed by atoms with van der Waals surface area (Å²) in [4.78, 5) is 26.4. The van der Waals surface area contributed by atoms with Gasteiger partial charge in [0.15, 0.2) is 5.78 Å². The maximum Gasteiger partial charge on any atom is 0.202 e. The molecular formula is C18H17NO2. The fourth-order valence-corrected chi connectivity index (χ4v) is 2.32. The first kappa shape index (κ1) is 14.7. The molecule has 1 aliphatic rings. The molecule has 0 heterocycles. The maximum atomic E-state index is 12.3. The first-order valence-electron chi connectivity index (χ1n) is 6.72. The van der Waals surface area contributed by atoms with Gasteiger partial charge < -0.3 is 4.90 Å². The summed E-state index contributed by atoms with van der Waals surface area (Å²) in [5.74, 6) is -0.328. The molecule has 0 bridgehead atoms. The molecule has 0 aliphatic heterocycles. The number of nitrogens with zero attached hydrogens (tertiary/aromatic N) is 1. The fourth-order valence-electron chi connectivity index (χ4n) is 2.32. The van der Waals surface area contributed by atoms with Crippen LogP contribution in [0.4, 0.5) is 0 Å². The predicted octanol–water partition coefficient (Wildman–Crippen LogP) is 2.78. The van der Waals surface area contributed by atoms with E-state index in [0.717, 1.165) is 5.56 Å². The lowest BCUT2D eigenvalue weighted by Gasteiger charge is -2.27. The molecular weight excluding hydrogens is 262 g/mol. The van der Waals surface area contributed by atoms with Crippen LogP contribution in [0.5, 0.6) is 0 Å². The van der Waals surface area contributed by atoms with Gasteiger partial charge in [-0.15, -0.1) is 13.2 Å². The summed E-state index contributed by atoms with van der Waals surface area (Å²) in [7, 11) is 0. The van der Waals surface area contributed by atoms with E-state index in [0.29, 0.717) is 24.4 Å². The van der Waals surface area contributed by atoms with Gasteiger partial charge in [0.1, 0.15) is 0 Å². The molecule has 0 saturated carbocycles. The minimum atomic E-state index is -0.169. The zero-order valence-corrected chi connectivity index (χ0v) is 11.8. The summed E-state index contributed by atoms with van der Waals surface area (Å²) in [6, 6.07) is 9.24. The molecule has 1 aliphatic carbocycles. The topological polar surface area (TPSA) is 37.4 Å². The van der Waals surface area contributed by atoms with Gasteiger partial charge in [-0.3, -0.25) is 9.59 Å². The van der Waals surface area contributed by atoms with E-state index in [1.165, 1.54) is 12.2 Å². The van der Waals surface area contributed by atoms with Crippen molar-refractivity contribution in [2.24, 2.45) is 0 Å². The van der Waals surface area contributed by atoms with E-state index in [1.54, 1.807) is 12.2 Å². The van der Waals surface area contributed by atoms with Crippen molar-refractivity contribution in [3.05, 3.63) is 79.1 Å². The molecule has 21 heavy (non-hydrogen) atoms. The third-order valence-corrected chi connectivity index (χ3v) is 3.18. The van der Waals surface area contributed by atoms with Crippen molar-refractivity contribution < 1.29 is 9.59 Å². The third-order valence-electron chi connectivity index (χ3n) is 3.18. The van der Waals surface area contributed by atoms with Gasteiger partial charge in [-0.05, 0) is 17.7 Å². The number of rotatable bonds is 6. The Morgan fingerprint density at radius 3 is 2.05 bits per heavy atom. The van der Waals surface area contributed by atoms with E-state index >= 15 is 0 Å². The molecule has 1 aromatic carbocycles. The smallest absolute Gasteiger partial charge is 0.202 e. The molecule has 3 heteroatoms. The summed E-state index contributed by atoms with van der Waals surface area (Å²) in [6.07, 6.45) is 6.06. The number of benzene rings is 1. The number of hydrogen-bond acceptors (Lipinski definition) is 3. The Morgan fingerprint density at radius 2 is 1.48 bits per heavy atom. The highest BCUT2D eigenvalue weighted by molar-refractivity contribution is 6.35. The summed E-state index contributed by atoms with van der Waals surface area (Å²) >= 11 is 0. The van der Waals surface area contributed by atoms with Crippen LogP contribution in [0.1, 0.15) is 5.56 Å². The van der Waals surface area contributed by atoms with Crippen LogP contribution in [0.15, 0.2) is 73.5 Å². The van der Waals surface area contributed by atoms with Crippen LogP contribution >= 0.6 is 0 Å². The molecule has 0 amide bonds. The van der Waals surface area contributed by atoms with Gasteiger partial charge in [0, 0.05) is 13.1 Å². The predicted molar refractivity (Wildman–Crippen MR) is 84.5 cm³/mol. The summed E-state index contributed by atoms with van der Waals surface area (Å²) in [6.45, 7) is 8.37. The van der Waals surface area contributed by atoms with Crippen LogP contribution in [0.25, 0.3) is 5.57 Å². The fraction of sp³-hybridized carbons (Fsp3) is 0.111. The van der Waals surface area contributed by atoms with Gasteiger partial charge in [-0.25, -0.2) is 0 Å². The number of carbonyl (C=O) groups is 2. The van der Waals surface area contributed by atoms with Crippen molar-refractivity contribution in [3.8, 4) is 0 Å². The first-order chi connectivity index (χ1) is 10.2. The molecule has 1 aromatic rings. The number of allylic oxidation sites excluding steroid dienone is 3. The molecule has 0 unspecified atom stereocenters. The zero-order valence-electron chi connectivity index (χ0n) is 11.8. The number of carbonyl (C=O) groups excluding carboxylic acids is 2. The Bertz CT molecular complexity index is 628. The van der Waals surface area contributed by atoms with E-state index in [2.05, 4.69) is 13.2 Å². The van der Waals surface area contributed by atoms with E-state index in [4.69, 9.17) is 0 Å². The Hall–Kier alpha value is -2.68. The Balaban J connectivity index is 2.61. The van der Waals surface area contributed by atoms with Crippen molar-refractivity contribution in [2.75, 3.05) is 13.1 Å². The van der Waals surface area contributed by atoms with E-state index in [1.807, 2.05) is 35.2 Å². The van der Waals surface area contributed by atoms with Gasteiger partial charge in [0.25, 0.3) is 0 Å². The summed E-state index contributed by atoms with van der Waals surface area (Å²) < 4.78 is 0. The molecule has 106 valence electrons. The molecule has 0 atom stereocenters. The average Bonchev–Trinajstić information content (AvgIpc) is 2.50. The van der Waals surface area contributed by atoms with Crippen molar-refractivity contribution >= 4 is 17.1 Å². The molecule has 2 rings (SSSR count). The number of hydrogen-bond donors (Lipinski definition) is 0. The van der Waals surface area contributed by atoms with E-state index in [-0.39, 0.29) is 11.6 Å². The minimum Gasteiger partial charge on any atom is -0.360 e. The molecule has 3 nitrogen and oxygen atoms in total. The van der Waals surface area contributed by atoms with Crippen LogP contribution in [0.3, 0.4) is 0 Å². The third kappa shape index (κ3) is 3.08. The zero-order chi connectivity index (χ0) is 15.2. The highest BCUT2D eigenvalue weighted by Gasteiger charge is 2.27. The quantitative estimate of drug-likeness (QED) is 0.593.